The Bertz CT molecular complexity index is 608. The van der Waals surface area contributed by atoms with Crippen molar-refractivity contribution in [3.63, 3.8) is 0 Å². The Balaban J connectivity index is 1.68. The quantitative estimate of drug-likeness (QED) is 0.906. The van der Waals surface area contributed by atoms with Crippen molar-refractivity contribution in [1.29, 1.82) is 0 Å². The topological polar surface area (TPSA) is 44.3 Å². The Labute approximate surface area is 139 Å². The van der Waals surface area contributed by atoms with Gasteiger partial charge in [0.25, 0.3) is 0 Å². The minimum atomic E-state index is 0.804. The molecule has 1 aromatic heterocycles. The van der Waals surface area contributed by atoms with Crippen LogP contribution in [0.1, 0.15) is 6.92 Å². The molecule has 1 aromatic carbocycles. The third kappa shape index (κ3) is 3.75. The van der Waals surface area contributed by atoms with Gasteiger partial charge in [0, 0.05) is 42.5 Å². The van der Waals surface area contributed by atoms with Crippen molar-refractivity contribution in [1.82, 2.24) is 14.9 Å². The molecule has 0 atom stereocenters. The summed E-state index contributed by atoms with van der Waals surface area (Å²) in [5.41, 5.74) is 1.02. The summed E-state index contributed by atoms with van der Waals surface area (Å²) in [7, 11) is 0. The van der Waals surface area contributed by atoms with Crippen LogP contribution in [0.25, 0.3) is 0 Å². The van der Waals surface area contributed by atoms with E-state index in [9.17, 15) is 0 Å². The molecule has 0 radical (unpaired) electrons. The molecule has 2 heterocycles. The van der Waals surface area contributed by atoms with Crippen LogP contribution >= 0.6 is 15.9 Å². The van der Waals surface area contributed by atoms with Crippen molar-refractivity contribution in [2.45, 2.75) is 6.92 Å². The molecule has 0 spiro atoms. The second-order valence-electron chi connectivity index (χ2n) is 5.30. The molecule has 1 aliphatic rings. The van der Waals surface area contributed by atoms with Crippen molar-refractivity contribution in [3.8, 4) is 0 Å². The van der Waals surface area contributed by atoms with Crippen molar-refractivity contribution in [2.24, 2.45) is 0 Å². The molecule has 22 heavy (non-hydrogen) atoms. The third-order valence-electron chi connectivity index (χ3n) is 3.86. The van der Waals surface area contributed by atoms with Gasteiger partial charge < -0.3 is 15.1 Å². The van der Waals surface area contributed by atoms with E-state index < -0.39 is 0 Å². The SMILES string of the molecule is CCN1CCN(c2nccc(Nc3ccc(Br)cc3)n2)CC1. The van der Waals surface area contributed by atoms with Gasteiger partial charge in [0.15, 0.2) is 0 Å². The summed E-state index contributed by atoms with van der Waals surface area (Å²) in [6.07, 6.45) is 1.82. The van der Waals surface area contributed by atoms with Crippen LogP contribution in [0, 0.1) is 0 Å². The van der Waals surface area contributed by atoms with Gasteiger partial charge in [0.2, 0.25) is 5.95 Å². The van der Waals surface area contributed by atoms with E-state index in [2.05, 4.69) is 47.9 Å². The molecule has 1 fully saturated rings. The first-order valence-electron chi connectivity index (χ1n) is 7.57. The highest BCUT2D eigenvalue weighted by Crippen LogP contribution is 2.19. The molecule has 0 unspecified atom stereocenters. The number of anilines is 3. The monoisotopic (exact) mass is 361 g/mol. The van der Waals surface area contributed by atoms with E-state index in [0.29, 0.717) is 0 Å². The third-order valence-corrected chi connectivity index (χ3v) is 4.39. The summed E-state index contributed by atoms with van der Waals surface area (Å²) in [5.74, 6) is 1.63. The molecule has 6 heteroatoms. The number of aromatic nitrogens is 2. The molecule has 1 N–H and O–H groups in total. The van der Waals surface area contributed by atoms with Crippen LogP contribution in [0.3, 0.4) is 0 Å². The Morgan fingerprint density at radius 2 is 1.82 bits per heavy atom. The lowest BCUT2D eigenvalue weighted by atomic mass is 10.3. The molecular formula is C16H20BrN5. The molecule has 1 saturated heterocycles. The lowest BCUT2D eigenvalue weighted by Crippen LogP contribution is -2.46. The fourth-order valence-corrected chi connectivity index (χ4v) is 2.78. The maximum Gasteiger partial charge on any atom is 0.227 e. The second kappa shape index (κ2) is 7.07. The Morgan fingerprint density at radius 3 is 2.50 bits per heavy atom. The first-order chi connectivity index (χ1) is 10.7. The normalized spacial score (nSPS) is 15.8. The average molecular weight is 362 g/mol. The first kappa shape index (κ1) is 15.2. The summed E-state index contributed by atoms with van der Waals surface area (Å²) < 4.78 is 1.07. The molecule has 3 rings (SSSR count). The van der Waals surface area contributed by atoms with Gasteiger partial charge in [-0.2, -0.15) is 4.98 Å². The van der Waals surface area contributed by atoms with Gasteiger partial charge in [-0.15, -0.1) is 0 Å². The van der Waals surface area contributed by atoms with Gasteiger partial charge in [-0.3, -0.25) is 0 Å². The number of hydrogen-bond acceptors (Lipinski definition) is 5. The summed E-state index contributed by atoms with van der Waals surface area (Å²) >= 11 is 3.44. The molecule has 0 amide bonds. The van der Waals surface area contributed by atoms with Crippen LogP contribution in [0.5, 0.6) is 0 Å². The fourth-order valence-electron chi connectivity index (χ4n) is 2.52. The first-order valence-corrected chi connectivity index (χ1v) is 8.37. The van der Waals surface area contributed by atoms with Crippen LogP contribution in [-0.4, -0.2) is 47.6 Å². The van der Waals surface area contributed by atoms with Gasteiger partial charge in [0.05, 0.1) is 0 Å². The Hall–Kier alpha value is -1.66. The minimum absolute atomic E-state index is 0.804. The predicted molar refractivity (Wildman–Crippen MR) is 93.8 cm³/mol. The van der Waals surface area contributed by atoms with Crippen LogP contribution < -0.4 is 10.2 Å². The largest absolute Gasteiger partial charge is 0.340 e. The highest BCUT2D eigenvalue weighted by Gasteiger charge is 2.17. The van der Waals surface area contributed by atoms with Crippen LogP contribution in [0.4, 0.5) is 17.5 Å². The zero-order valence-electron chi connectivity index (χ0n) is 12.7. The summed E-state index contributed by atoms with van der Waals surface area (Å²) in [5, 5.41) is 3.32. The Morgan fingerprint density at radius 1 is 1.09 bits per heavy atom. The zero-order chi connectivity index (χ0) is 15.4. The van der Waals surface area contributed by atoms with Crippen LogP contribution in [0.2, 0.25) is 0 Å². The van der Waals surface area contributed by atoms with Crippen LogP contribution in [-0.2, 0) is 0 Å². The number of likely N-dealkylation sites (N-methyl/N-ethyl adjacent to an activating group) is 1. The maximum atomic E-state index is 4.64. The van der Waals surface area contributed by atoms with E-state index in [1.54, 1.807) is 0 Å². The standard InChI is InChI=1S/C16H20BrN5/c1-2-21-9-11-22(12-10-21)16-18-8-7-15(20-16)19-14-5-3-13(17)4-6-14/h3-8H,2,9-12H2,1H3,(H,18,19,20). The predicted octanol–water partition coefficient (Wildman–Crippen LogP) is 3.12. The summed E-state index contributed by atoms with van der Waals surface area (Å²) in [6.45, 7) is 7.42. The summed E-state index contributed by atoms with van der Waals surface area (Å²) in [6, 6.07) is 9.95. The number of nitrogens with one attached hydrogen (secondary N) is 1. The van der Waals surface area contributed by atoms with Gasteiger partial charge >= 0.3 is 0 Å². The average Bonchev–Trinajstić information content (AvgIpc) is 2.57. The van der Waals surface area contributed by atoms with Gasteiger partial charge in [-0.05, 0) is 36.9 Å². The van der Waals surface area contributed by atoms with Crippen molar-refractivity contribution >= 4 is 33.4 Å². The van der Waals surface area contributed by atoms with Crippen molar-refractivity contribution < 1.29 is 0 Å². The maximum absolute atomic E-state index is 4.64. The number of rotatable bonds is 4. The van der Waals surface area contributed by atoms with Gasteiger partial charge in [-0.1, -0.05) is 22.9 Å². The number of nitrogens with zero attached hydrogens (tertiary/aromatic N) is 4. The van der Waals surface area contributed by atoms with E-state index in [4.69, 9.17) is 0 Å². The molecule has 0 aliphatic carbocycles. The Kier molecular flexibility index (Phi) is 4.90. The van der Waals surface area contributed by atoms with E-state index in [1.165, 1.54) is 0 Å². The number of hydrogen-bond donors (Lipinski definition) is 1. The molecule has 2 aromatic rings. The molecule has 1 aliphatic heterocycles. The van der Waals surface area contributed by atoms with E-state index >= 15 is 0 Å². The molecular weight excluding hydrogens is 342 g/mol. The second-order valence-corrected chi connectivity index (χ2v) is 6.21. The lowest BCUT2D eigenvalue weighted by molar-refractivity contribution is 0.270. The van der Waals surface area contributed by atoms with E-state index in [1.807, 2.05) is 36.5 Å². The zero-order valence-corrected chi connectivity index (χ0v) is 14.3. The van der Waals surface area contributed by atoms with E-state index in [-0.39, 0.29) is 0 Å². The van der Waals surface area contributed by atoms with Crippen molar-refractivity contribution in [3.05, 3.63) is 41.0 Å². The number of piperazine rings is 1. The minimum Gasteiger partial charge on any atom is -0.340 e. The molecule has 5 nitrogen and oxygen atoms in total. The molecule has 0 saturated carbocycles. The smallest absolute Gasteiger partial charge is 0.227 e. The van der Waals surface area contributed by atoms with Gasteiger partial charge in [-0.25, -0.2) is 4.98 Å². The lowest BCUT2D eigenvalue weighted by Gasteiger charge is -2.34. The van der Waals surface area contributed by atoms with Gasteiger partial charge in [0.1, 0.15) is 5.82 Å². The highest BCUT2D eigenvalue weighted by atomic mass is 79.9. The van der Waals surface area contributed by atoms with E-state index in [0.717, 1.165) is 54.7 Å². The number of halogens is 1. The van der Waals surface area contributed by atoms with Crippen LogP contribution in [0.15, 0.2) is 41.0 Å². The summed E-state index contributed by atoms with van der Waals surface area (Å²) in [4.78, 5) is 13.8. The van der Waals surface area contributed by atoms with Crippen molar-refractivity contribution in [2.75, 3.05) is 42.9 Å². The molecule has 116 valence electrons. The highest BCUT2D eigenvalue weighted by molar-refractivity contribution is 9.10. The number of benzene rings is 1. The molecule has 0 bridgehead atoms. The fraction of sp³-hybridized carbons (Fsp3) is 0.375.